The summed E-state index contributed by atoms with van der Waals surface area (Å²) in [4.78, 5) is 32.4. The molecule has 2 aliphatic heterocycles. The second-order valence-corrected chi connectivity index (χ2v) is 8.26. The number of piperidine rings is 1. The summed E-state index contributed by atoms with van der Waals surface area (Å²) in [7, 11) is 0. The van der Waals surface area contributed by atoms with Gasteiger partial charge in [0.1, 0.15) is 0 Å². The van der Waals surface area contributed by atoms with Crippen LogP contribution in [-0.2, 0) is 16.1 Å². The van der Waals surface area contributed by atoms with Gasteiger partial charge >= 0.3 is 0 Å². The Bertz CT molecular complexity index is 578. The van der Waals surface area contributed by atoms with Crippen molar-refractivity contribution in [1.29, 1.82) is 0 Å². The van der Waals surface area contributed by atoms with E-state index in [4.69, 9.17) is 0 Å². The highest BCUT2D eigenvalue weighted by Gasteiger charge is 2.27. The molecule has 2 fully saturated rings. The van der Waals surface area contributed by atoms with E-state index in [2.05, 4.69) is 15.1 Å². The number of rotatable bonds is 6. The molecule has 3 heterocycles. The molecule has 144 valence electrons. The van der Waals surface area contributed by atoms with Crippen molar-refractivity contribution in [3.05, 3.63) is 22.4 Å². The van der Waals surface area contributed by atoms with Crippen LogP contribution in [-0.4, -0.2) is 78.4 Å². The second-order valence-electron chi connectivity index (χ2n) is 7.23. The van der Waals surface area contributed by atoms with Crippen LogP contribution in [0, 0.1) is 0 Å². The maximum absolute atomic E-state index is 12.4. The SMILES string of the molecule is CC(C(=O)NCc1cccs1)N1CCN(CC(=O)N2CCCCC2)CC1. The second kappa shape index (κ2) is 9.48. The summed E-state index contributed by atoms with van der Waals surface area (Å²) < 4.78 is 0. The molecule has 1 N–H and O–H groups in total. The van der Waals surface area contributed by atoms with Crippen LogP contribution < -0.4 is 5.32 Å². The minimum Gasteiger partial charge on any atom is -0.350 e. The van der Waals surface area contributed by atoms with Crippen molar-refractivity contribution in [2.45, 2.75) is 38.8 Å². The fourth-order valence-corrected chi connectivity index (χ4v) is 4.29. The van der Waals surface area contributed by atoms with Gasteiger partial charge in [-0.05, 0) is 37.6 Å². The average Bonchev–Trinajstić information content (AvgIpc) is 3.20. The van der Waals surface area contributed by atoms with Crippen molar-refractivity contribution in [2.24, 2.45) is 0 Å². The number of thiophene rings is 1. The summed E-state index contributed by atoms with van der Waals surface area (Å²) in [5, 5.41) is 5.05. The summed E-state index contributed by atoms with van der Waals surface area (Å²) in [6, 6.07) is 3.91. The lowest BCUT2D eigenvalue weighted by atomic mass is 10.1. The van der Waals surface area contributed by atoms with E-state index < -0.39 is 0 Å². The standard InChI is InChI=1S/C19H30N4O2S/c1-16(19(25)20-14-17-6-5-13-26-17)22-11-9-21(10-12-22)15-18(24)23-7-3-2-4-8-23/h5-6,13,16H,2-4,7-12,14-15H2,1H3,(H,20,25). The molecule has 6 nitrogen and oxygen atoms in total. The zero-order valence-electron chi connectivity index (χ0n) is 15.7. The summed E-state index contributed by atoms with van der Waals surface area (Å²) in [5.74, 6) is 0.344. The van der Waals surface area contributed by atoms with E-state index in [-0.39, 0.29) is 17.9 Å². The number of likely N-dealkylation sites (tertiary alicyclic amines) is 1. The number of carbonyl (C=O) groups is 2. The molecular weight excluding hydrogens is 348 g/mol. The zero-order valence-corrected chi connectivity index (χ0v) is 16.5. The van der Waals surface area contributed by atoms with Crippen LogP contribution in [0.4, 0.5) is 0 Å². The molecule has 2 amide bonds. The Hall–Kier alpha value is -1.44. The Balaban J connectivity index is 1.38. The van der Waals surface area contributed by atoms with E-state index in [0.717, 1.165) is 52.1 Å². The molecule has 1 atom stereocenters. The molecule has 0 aliphatic carbocycles. The van der Waals surface area contributed by atoms with Gasteiger partial charge in [0.05, 0.1) is 19.1 Å². The molecule has 0 spiro atoms. The van der Waals surface area contributed by atoms with E-state index in [1.165, 1.54) is 11.3 Å². The molecule has 1 aromatic rings. The van der Waals surface area contributed by atoms with E-state index >= 15 is 0 Å². The Morgan fingerprint density at radius 2 is 1.85 bits per heavy atom. The average molecular weight is 379 g/mol. The van der Waals surface area contributed by atoms with Gasteiger partial charge in [0.25, 0.3) is 0 Å². The molecule has 7 heteroatoms. The van der Waals surface area contributed by atoms with Crippen LogP contribution in [0.1, 0.15) is 31.1 Å². The molecule has 1 unspecified atom stereocenters. The van der Waals surface area contributed by atoms with Crippen LogP contribution in [0.15, 0.2) is 17.5 Å². The third-order valence-electron chi connectivity index (χ3n) is 5.42. The summed E-state index contributed by atoms with van der Waals surface area (Å²) in [5.41, 5.74) is 0. The smallest absolute Gasteiger partial charge is 0.237 e. The van der Waals surface area contributed by atoms with E-state index in [9.17, 15) is 9.59 Å². The van der Waals surface area contributed by atoms with Gasteiger partial charge in [-0.3, -0.25) is 19.4 Å². The third kappa shape index (κ3) is 5.28. The first-order chi connectivity index (χ1) is 12.6. The predicted octanol–water partition coefficient (Wildman–Crippen LogP) is 1.38. The number of carbonyl (C=O) groups excluding carboxylic acids is 2. The van der Waals surface area contributed by atoms with E-state index in [1.807, 2.05) is 29.3 Å². The highest BCUT2D eigenvalue weighted by Crippen LogP contribution is 2.12. The van der Waals surface area contributed by atoms with Gasteiger partial charge in [-0.25, -0.2) is 0 Å². The maximum atomic E-state index is 12.4. The van der Waals surface area contributed by atoms with Crippen molar-refractivity contribution in [2.75, 3.05) is 45.8 Å². The Labute approximate surface area is 160 Å². The number of hydrogen-bond donors (Lipinski definition) is 1. The van der Waals surface area contributed by atoms with E-state index in [0.29, 0.717) is 13.1 Å². The zero-order chi connectivity index (χ0) is 18.4. The lowest BCUT2D eigenvalue weighted by Gasteiger charge is -2.38. The van der Waals surface area contributed by atoms with Crippen LogP contribution in [0.2, 0.25) is 0 Å². The minimum atomic E-state index is -0.130. The Kier molecular flexibility index (Phi) is 7.05. The van der Waals surface area contributed by atoms with Gasteiger partial charge in [-0.15, -0.1) is 11.3 Å². The summed E-state index contributed by atoms with van der Waals surface area (Å²) in [6.45, 7) is 8.29. The first-order valence-electron chi connectivity index (χ1n) is 9.68. The van der Waals surface area contributed by atoms with Crippen LogP contribution in [0.25, 0.3) is 0 Å². The van der Waals surface area contributed by atoms with Crippen LogP contribution in [0.5, 0.6) is 0 Å². The number of nitrogens with zero attached hydrogens (tertiary/aromatic N) is 3. The largest absolute Gasteiger partial charge is 0.350 e. The summed E-state index contributed by atoms with van der Waals surface area (Å²) in [6.07, 6.45) is 3.52. The van der Waals surface area contributed by atoms with Crippen molar-refractivity contribution in [3.63, 3.8) is 0 Å². The molecule has 2 saturated heterocycles. The number of amides is 2. The molecule has 0 aromatic carbocycles. The highest BCUT2D eigenvalue weighted by atomic mass is 32.1. The first kappa shape index (κ1) is 19.3. The van der Waals surface area contributed by atoms with Gasteiger partial charge in [0.2, 0.25) is 11.8 Å². The quantitative estimate of drug-likeness (QED) is 0.813. The van der Waals surface area contributed by atoms with Gasteiger partial charge < -0.3 is 10.2 Å². The number of nitrogens with one attached hydrogen (secondary N) is 1. The molecular formula is C19H30N4O2S. The fourth-order valence-electron chi connectivity index (χ4n) is 3.64. The predicted molar refractivity (Wildman–Crippen MR) is 104 cm³/mol. The monoisotopic (exact) mass is 378 g/mol. The summed E-state index contributed by atoms with van der Waals surface area (Å²) >= 11 is 1.66. The lowest BCUT2D eigenvalue weighted by molar-refractivity contribution is -0.134. The fraction of sp³-hybridized carbons (Fsp3) is 0.684. The lowest BCUT2D eigenvalue weighted by Crippen LogP contribution is -2.55. The highest BCUT2D eigenvalue weighted by molar-refractivity contribution is 7.09. The van der Waals surface area contributed by atoms with Crippen molar-refractivity contribution < 1.29 is 9.59 Å². The third-order valence-corrected chi connectivity index (χ3v) is 6.30. The minimum absolute atomic E-state index is 0.0799. The van der Waals surface area contributed by atoms with Crippen LogP contribution >= 0.6 is 11.3 Å². The van der Waals surface area contributed by atoms with Gasteiger partial charge in [0, 0.05) is 44.1 Å². The van der Waals surface area contributed by atoms with Crippen LogP contribution in [0.3, 0.4) is 0 Å². The molecule has 2 aliphatic rings. The van der Waals surface area contributed by atoms with Gasteiger partial charge in [0.15, 0.2) is 0 Å². The van der Waals surface area contributed by atoms with E-state index in [1.54, 1.807) is 11.3 Å². The molecule has 3 rings (SSSR count). The van der Waals surface area contributed by atoms with Gasteiger partial charge in [-0.1, -0.05) is 6.07 Å². The van der Waals surface area contributed by atoms with Gasteiger partial charge in [-0.2, -0.15) is 0 Å². The molecule has 0 radical (unpaired) electrons. The number of hydrogen-bond acceptors (Lipinski definition) is 5. The molecule has 0 bridgehead atoms. The Morgan fingerprint density at radius 1 is 1.12 bits per heavy atom. The normalized spacial score (nSPS) is 20.7. The van der Waals surface area contributed by atoms with Crippen molar-refractivity contribution in [1.82, 2.24) is 20.0 Å². The Morgan fingerprint density at radius 3 is 2.50 bits per heavy atom. The number of piperazine rings is 1. The topological polar surface area (TPSA) is 55.9 Å². The molecule has 1 aromatic heterocycles. The molecule has 0 saturated carbocycles. The maximum Gasteiger partial charge on any atom is 0.237 e. The van der Waals surface area contributed by atoms with Crippen molar-refractivity contribution in [3.8, 4) is 0 Å². The van der Waals surface area contributed by atoms with Crippen molar-refractivity contribution >= 4 is 23.2 Å². The molecule has 26 heavy (non-hydrogen) atoms. The first-order valence-corrected chi connectivity index (χ1v) is 10.6.